The van der Waals surface area contributed by atoms with Gasteiger partial charge in [0.15, 0.2) is 0 Å². The van der Waals surface area contributed by atoms with E-state index in [1.165, 1.54) is 153 Å². The van der Waals surface area contributed by atoms with Gasteiger partial charge in [-0.05, 0) is 164 Å². The van der Waals surface area contributed by atoms with E-state index >= 15 is 0 Å². The minimum Gasteiger partial charge on any atom is -0.311 e. The van der Waals surface area contributed by atoms with Crippen LogP contribution in [0.2, 0.25) is 0 Å². The number of para-hydroxylation sites is 1. The number of anilines is 6. The van der Waals surface area contributed by atoms with Gasteiger partial charge in [-0.2, -0.15) is 0 Å². The average molecular weight is 1160 g/mol. The molecule has 4 heteroatoms. The van der Waals surface area contributed by atoms with Crippen molar-refractivity contribution in [2.24, 2.45) is 0 Å². The molecule has 0 radical (unpaired) electrons. The summed E-state index contributed by atoms with van der Waals surface area (Å²) in [6, 6.07) is 91.2. The lowest BCUT2D eigenvalue weighted by atomic mass is 9.36. The number of nitrogens with zero attached hydrogens (tertiary/aromatic N) is 2. The second kappa shape index (κ2) is 20.3. The van der Waals surface area contributed by atoms with E-state index < -0.39 is 0 Å². The predicted molar refractivity (Wildman–Crippen MR) is 385 cm³/mol. The number of rotatable bonds is 6. The Morgan fingerprint density at radius 3 is 1.33 bits per heavy atom. The zero-order chi connectivity index (χ0) is 60.8. The Labute approximate surface area is 524 Å². The second-order valence-electron chi connectivity index (χ2n) is 28.9. The smallest absolute Gasteiger partial charge is 0.264 e. The van der Waals surface area contributed by atoms with Gasteiger partial charge in [-0.25, -0.2) is 0 Å². The van der Waals surface area contributed by atoms with Gasteiger partial charge in [0.25, 0.3) is 6.71 Å². The van der Waals surface area contributed by atoms with Crippen LogP contribution in [-0.4, -0.2) is 6.71 Å². The molecule has 1 aromatic heterocycles. The van der Waals surface area contributed by atoms with Crippen LogP contribution in [-0.2, 0) is 21.7 Å². The zero-order valence-corrected chi connectivity index (χ0v) is 53.7. The maximum Gasteiger partial charge on any atom is 0.264 e. The highest BCUT2D eigenvalue weighted by atomic mass is 32.1. The first-order chi connectivity index (χ1) is 42.2. The van der Waals surface area contributed by atoms with E-state index in [0.29, 0.717) is 0 Å². The number of benzene rings is 12. The minimum atomic E-state index is -0.107. The van der Waals surface area contributed by atoms with Gasteiger partial charge >= 0.3 is 0 Å². The van der Waals surface area contributed by atoms with Crippen LogP contribution in [0.4, 0.5) is 34.1 Å². The lowest BCUT2D eigenvalue weighted by molar-refractivity contribution is 0.590. The molecule has 0 spiro atoms. The lowest BCUT2D eigenvalue weighted by Gasteiger charge is -2.44. The second-order valence-corrected chi connectivity index (χ2v) is 30.0. The SMILES string of the molecule is CC(C)(C)c1ccc(-c2cccc(-c3ccc(C(C)(C)C)cc3)c2N2c3cccc4c3B(c3cc(-c5ccccc5)ccc3N4c3ccc(C(C)(C)C)cc3-c3ccc4c5ccccc5c5ccccc5c4c3)c3sc4ccc(C(C)(C)C)cc4c32)cc1. The van der Waals surface area contributed by atoms with E-state index in [2.05, 4.69) is 329 Å². The summed E-state index contributed by atoms with van der Waals surface area (Å²) in [5.41, 5.74) is 24.5. The van der Waals surface area contributed by atoms with Crippen LogP contribution < -0.4 is 25.5 Å². The number of hydrogen-bond donors (Lipinski definition) is 0. The van der Waals surface area contributed by atoms with Crippen molar-refractivity contribution in [1.82, 2.24) is 0 Å². The van der Waals surface area contributed by atoms with Crippen molar-refractivity contribution in [2.45, 2.75) is 105 Å². The van der Waals surface area contributed by atoms with Crippen LogP contribution in [0.15, 0.2) is 237 Å². The highest BCUT2D eigenvalue weighted by Crippen LogP contribution is 2.54. The minimum absolute atomic E-state index is 0.00525. The van der Waals surface area contributed by atoms with Gasteiger partial charge in [0.1, 0.15) is 0 Å². The van der Waals surface area contributed by atoms with E-state index in [1.807, 2.05) is 11.3 Å². The van der Waals surface area contributed by atoms with E-state index in [1.54, 1.807) is 0 Å². The van der Waals surface area contributed by atoms with Gasteiger partial charge in [-0.15, -0.1) is 11.3 Å². The summed E-state index contributed by atoms with van der Waals surface area (Å²) in [6.07, 6.45) is 0. The van der Waals surface area contributed by atoms with Crippen molar-refractivity contribution >= 4 is 110 Å². The first-order valence-electron chi connectivity index (χ1n) is 31.5. The Hall–Kier alpha value is -8.96. The van der Waals surface area contributed by atoms with Crippen molar-refractivity contribution in [3.63, 3.8) is 0 Å². The fourth-order valence-corrected chi connectivity index (χ4v) is 15.5. The van der Waals surface area contributed by atoms with Gasteiger partial charge in [-0.1, -0.05) is 271 Å². The Balaban J connectivity index is 1.06. The molecule has 430 valence electrons. The fraction of sp³-hybridized carbons (Fsp3) is 0.190. The summed E-state index contributed by atoms with van der Waals surface area (Å²) in [7, 11) is 0. The molecule has 0 bridgehead atoms. The van der Waals surface area contributed by atoms with Gasteiger partial charge in [0.2, 0.25) is 0 Å². The van der Waals surface area contributed by atoms with Gasteiger partial charge in [0, 0.05) is 48.6 Å². The summed E-state index contributed by atoms with van der Waals surface area (Å²) in [6.45, 7) is 27.9. The molecule has 2 aliphatic rings. The zero-order valence-electron chi connectivity index (χ0n) is 52.9. The van der Waals surface area contributed by atoms with Crippen molar-refractivity contribution in [3.05, 3.63) is 259 Å². The highest BCUT2D eigenvalue weighted by Gasteiger charge is 2.46. The van der Waals surface area contributed by atoms with Gasteiger partial charge < -0.3 is 9.80 Å². The maximum atomic E-state index is 2.72. The molecule has 3 heterocycles. The molecule has 12 aromatic carbocycles. The molecule has 0 unspecified atom stereocenters. The standard InChI is InChI=1S/C84H75BN2S/c1-81(2,3)57-38-32-53(33-39-57)61-28-20-29-62(54-34-40-58(41-35-54)82(4,5)6)78(61)87-75-31-21-30-74-77(75)85(80-79(87)70-51-60(84(10,11)12)43-47-76(70)88-80)71-49-55(52-22-14-13-15-23-52)37-45-73(71)86(74)72-46-42-59(83(7,8)9)50-68(72)56-36-44-67-65-26-17-16-24-63(65)64-25-18-19-27-66(64)69(67)48-56/h13-51H,1-12H3. The maximum absolute atomic E-state index is 2.72. The largest absolute Gasteiger partial charge is 0.311 e. The van der Waals surface area contributed by atoms with Gasteiger partial charge in [-0.3, -0.25) is 0 Å². The lowest BCUT2D eigenvalue weighted by Crippen LogP contribution is -2.60. The number of thiophene rings is 1. The van der Waals surface area contributed by atoms with Crippen molar-refractivity contribution in [2.75, 3.05) is 9.80 Å². The number of fused-ring (bicyclic) bond motifs is 12. The Kier molecular flexibility index (Phi) is 12.8. The average Bonchev–Trinajstić information content (AvgIpc) is 1.32. The van der Waals surface area contributed by atoms with Crippen LogP contribution in [0.25, 0.3) is 86.9 Å². The third kappa shape index (κ3) is 9.12. The van der Waals surface area contributed by atoms with Crippen molar-refractivity contribution in [3.8, 4) is 44.5 Å². The van der Waals surface area contributed by atoms with Crippen LogP contribution in [0.5, 0.6) is 0 Å². The molecule has 0 fully saturated rings. The monoisotopic (exact) mass is 1150 g/mol. The third-order valence-electron chi connectivity index (χ3n) is 19.1. The van der Waals surface area contributed by atoms with Crippen molar-refractivity contribution < 1.29 is 0 Å². The molecule has 2 nitrogen and oxygen atoms in total. The molecular formula is C84H75BN2S. The van der Waals surface area contributed by atoms with E-state index in [4.69, 9.17) is 0 Å². The highest BCUT2D eigenvalue weighted by molar-refractivity contribution is 7.33. The quantitative estimate of drug-likeness (QED) is 0.121. The Morgan fingerprint density at radius 2 is 0.750 bits per heavy atom. The molecule has 2 aliphatic heterocycles. The van der Waals surface area contributed by atoms with Crippen LogP contribution in [0.3, 0.4) is 0 Å². The predicted octanol–water partition coefficient (Wildman–Crippen LogP) is 22.3. The molecular weight excluding hydrogens is 1080 g/mol. The Morgan fingerprint density at radius 1 is 0.284 bits per heavy atom. The topological polar surface area (TPSA) is 6.48 Å². The van der Waals surface area contributed by atoms with E-state index in [-0.39, 0.29) is 28.4 Å². The molecule has 0 aliphatic carbocycles. The van der Waals surface area contributed by atoms with Crippen LogP contribution in [0, 0.1) is 0 Å². The Bertz CT molecular complexity index is 4830. The normalized spacial score (nSPS) is 13.4. The van der Waals surface area contributed by atoms with E-state index in [9.17, 15) is 0 Å². The molecule has 88 heavy (non-hydrogen) atoms. The number of hydrogen-bond acceptors (Lipinski definition) is 3. The fourth-order valence-electron chi connectivity index (χ4n) is 14.2. The summed E-state index contributed by atoms with van der Waals surface area (Å²) in [5, 5.41) is 8.94. The summed E-state index contributed by atoms with van der Waals surface area (Å²) in [5.74, 6) is 0. The third-order valence-corrected chi connectivity index (χ3v) is 20.3. The molecule has 13 aromatic rings. The van der Waals surface area contributed by atoms with E-state index in [0.717, 1.165) is 5.69 Å². The molecule has 0 saturated carbocycles. The summed E-state index contributed by atoms with van der Waals surface area (Å²) in [4.78, 5) is 5.36. The van der Waals surface area contributed by atoms with Crippen LogP contribution >= 0.6 is 11.3 Å². The summed E-state index contributed by atoms with van der Waals surface area (Å²) < 4.78 is 2.65. The summed E-state index contributed by atoms with van der Waals surface area (Å²) >= 11 is 1.98. The van der Waals surface area contributed by atoms with Crippen LogP contribution in [0.1, 0.15) is 105 Å². The van der Waals surface area contributed by atoms with Gasteiger partial charge in [0.05, 0.1) is 17.1 Å². The molecule has 0 amide bonds. The first kappa shape index (κ1) is 55.6. The first-order valence-corrected chi connectivity index (χ1v) is 32.3. The molecule has 0 atom stereocenters. The molecule has 0 saturated heterocycles. The van der Waals surface area contributed by atoms with Crippen molar-refractivity contribution in [1.29, 1.82) is 0 Å². The molecule has 15 rings (SSSR count). The molecule has 0 N–H and O–H groups in total.